The van der Waals surface area contributed by atoms with Crippen LogP contribution in [0.25, 0.3) is 0 Å². The molecule has 2 fully saturated rings. The monoisotopic (exact) mass is 478 g/mol. The highest BCUT2D eigenvalue weighted by atomic mass is 16.4. The van der Waals surface area contributed by atoms with Gasteiger partial charge in [-0.2, -0.15) is 0 Å². The molecule has 1 aromatic rings. The van der Waals surface area contributed by atoms with Crippen LogP contribution in [0.4, 0.5) is 0 Å². The van der Waals surface area contributed by atoms with Gasteiger partial charge in [0.05, 0.1) is 12.4 Å². The molecule has 2 saturated heterocycles. The number of carboxylic acids is 2. The molecule has 0 spiro atoms. The molecular formula is C21H30N6O7. The van der Waals surface area contributed by atoms with Gasteiger partial charge in [0.1, 0.15) is 18.1 Å². The number of nitrogens with two attached hydrogens (primary N) is 1. The Morgan fingerprint density at radius 3 is 2.32 bits per heavy atom. The van der Waals surface area contributed by atoms with E-state index in [2.05, 4.69) is 15.3 Å². The van der Waals surface area contributed by atoms with Gasteiger partial charge in [-0.1, -0.05) is 0 Å². The van der Waals surface area contributed by atoms with Crippen molar-refractivity contribution in [2.24, 2.45) is 5.73 Å². The molecule has 2 aliphatic heterocycles. The van der Waals surface area contributed by atoms with Gasteiger partial charge in [0, 0.05) is 37.8 Å². The van der Waals surface area contributed by atoms with Gasteiger partial charge in [-0.05, 0) is 32.1 Å². The van der Waals surface area contributed by atoms with Gasteiger partial charge in [-0.25, -0.2) is 9.78 Å². The summed E-state index contributed by atoms with van der Waals surface area (Å²) in [5, 5.41) is 21.0. The van der Waals surface area contributed by atoms with E-state index in [1.807, 2.05) is 0 Å². The minimum atomic E-state index is -1.21. The number of carbonyl (C=O) groups is 5. The van der Waals surface area contributed by atoms with Gasteiger partial charge >= 0.3 is 11.9 Å². The second-order valence-corrected chi connectivity index (χ2v) is 8.60. The molecule has 4 unspecified atom stereocenters. The smallest absolute Gasteiger partial charge is 0.326 e. The second kappa shape index (κ2) is 11.1. The third kappa shape index (κ3) is 5.90. The number of carbonyl (C=O) groups excluding carboxylic acids is 3. The number of nitrogens with one attached hydrogen (secondary N) is 2. The Kier molecular flexibility index (Phi) is 8.21. The van der Waals surface area contributed by atoms with Crippen molar-refractivity contribution < 1.29 is 34.2 Å². The standard InChI is InChI=1S/C21H30N6O7/c22-13(9-12-10-23-11-24-12)19(31)26-7-1-3-15(26)18(30)25-14(5-6-17(28)29)20(32)27-8-2-4-16(27)21(33)34/h10-11,13-16H,1-9,22H2,(H,23,24)(H,25,30)(H,28,29)(H,33,34). The number of imidazole rings is 1. The van der Waals surface area contributed by atoms with Crippen LogP contribution in [0.1, 0.15) is 44.2 Å². The highest BCUT2D eigenvalue weighted by molar-refractivity contribution is 5.94. The summed E-state index contributed by atoms with van der Waals surface area (Å²) in [7, 11) is 0. The molecule has 3 rings (SSSR count). The number of hydrogen-bond acceptors (Lipinski definition) is 7. The fourth-order valence-electron chi connectivity index (χ4n) is 4.52. The highest BCUT2D eigenvalue weighted by Crippen LogP contribution is 2.22. The molecule has 0 radical (unpaired) electrons. The van der Waals surface area contributed by atoms with Crippen molar-refractivity contribution in [3.8, 4) is 0 Å². The molecule has 0 saturated carbocycles. The molecule has 2 aliphatic rings. The summed E-state index contributed by atoms with van der Waals surface area (Å²) in [6.45, 7) is 0.542. The molecule has 13 heteroatoms. The van der Waals surface area contributed by atoms with E-state index < -0.39 is 53.8 Å². The van der Waals surface area contributed by atoms with Crippen LogP contribution in [0, 0.1) is 0 Å². The fourth-order valence-corrected chi connectivity index (χ4v) is 4.52. The minimum absolute atomic E-state index is 0.192. The van der Waals surface area contributed by atoms with E-state index in [-0.39, 0.29) is 25.8 Å². The van der Waals surface area contributed by atoms with E-state index in [1.165, 1.54) is 16.1 Å². The van der Waals surface area contributed by atoms with Crippen LogP contribution in [0.5, 0.6) is 0 Å². The van der Waals surface area contributed by atoms with Gasteiger partial charge in [-0.15, -0.1) is 0 Å². The number of H-pyrrole nitrogens is 1. The van der Waals surface area contributed by atoms with Gasteiger partial charge in [0.25, 0.3) is 0 Å². The molecule has 0 aliphatic carbocycles. The van der Waals surface area contributed by atoms with Crippen molar-refractivity contribution in [3.63, 3.8) is 0 Å². The van der Waals surface area contributed by atoms with Gasteiger partial charge in [0.2, 0.25) is 17.7 Å². The Labute approximate surface area is 195 Å². The Bertz CT molecular complexity index is 921. The van der Waals surface area contributed by atoms with Crippen LogP contribution in [0.3, 0.4) is 0 Å². The van der Waals surface area contributed by atoms with Crippen molar-refractivity contribution in [1.82, 2.24) is 25.1 Å². The van der Waals surface area contributed by atoms with Crippen LogP contribution >= 0.6 is 0 Å². The number of rotatable bonds is 10. The van der Waals surface area contributed by atoms with Gasteiger partial charge < -0.3 is 36.0 Å². The maximum atomic E-state index is 13.1. The number of amides is 3. The summed E-state index contributed by atoms with van der Waals surface area (Å²) in [6, 6.07) is -3.96. The van der Waals surface area contributed by atoms with Crippen molar-refractivity contribution in [2.75, 3.05) is 13.1 Å². The largest absolute Gasteiger partial charge is 0.481 e. The van der Waals surface area contributed by atoms with E-state index in [0.717, 1.165) is 0 Å². The number of likely N-dealkylation sites (tertiary alicyclic amines) is 2. The number of hydrogen-bond donors (Lipinski definition) is 5. The first kappa shape index (κ1) is 25.1. The molecule has 34 heavy (non-hydrogen) atoms. The lowest BCUT2D eigenvalue weighted by Gasteiger charge is -2.30. The summed E-state index contributed by atoms with van der Waals surface area (Å²) < 4.78 is 0. The summed E-state index contributed by atoms with van der Waals surface area (Å²) in [4.78, 5) is 71.0. The predicted molar refractivity (Wildman–Crippen MR) is 116 cm³/mol. The maximum absolute atomic E-state index is 13.1. The molecule has 0 bridgehead atoms. The highest BCUT2D eigenvalue weighted by Gasteiger charge is 2.41. The van der Waals surface area contributed by atoms with Crippen LogP contribution in [0.15, 0.2) is 12.5 Å². The van der Waals surface area contributed by atoms with E-state index in [4.69, 9.17) is 10.8 Å². The lowest BCUT2D eigenvalue weighted by molar-refractivity contribution is -0.150. The minimum Gasteiger partial charge on any atom is -0.481 e. The maximum Gasteiger partial charge on any atom is 0.326 e. The number of carboxylic acid groups (broad SMARTS) is 2. The summed E-state index contributed by atoms with van der Waals surface area (Å²) in [5.41, 5.74) is 6.73. The zero-order valence-electron chi connectivity index (χ0n) is 18.7. The molecule has 3 amide bonds. The summed E-state index contributed by atoms with van der Waals surface area (Å²) in [6.07, 6.45) is 4.41. The Morgan fingerprint density at radius 2 is 1.74 bits per heavy atom. The molecule has 0 aromatic carbocycles. The Morgan fingerprint density at radius 1 is 1.09 bits per heavy atom. The van der Waals surface area contributed by atoms with Gasteiger partial charge in [-0.3, -0.25) is 19.2 Å². The van der Waals surface area contributed by atoms with Crippen molar-refractivity contribution in [3.05, 3.63) is 18.2 Å². The van der Waals surface area contributed by atoms with Crippen LogP contribution in [-0.4, -0.2) is 96.9 Å². The SMILES string of the molecule is NC(Cc1cnc[nH]1)C(=O)N1CCCC1C(=O)NC(CCC(=O)O)C(=O)N1CCCC1C(=O)O. The number of aromatic amines is 1. The molecule has 6 N–H and O–H groups in total. The fraction of sp³-hybridized carbons (Fsp3) is 0.619. The first-order chi connectivity index (χ1) is 16.2. The third-order valence-electron chi connectivity index (χ3n) is 6.23. The van der Waals surface area contributed by atoms with E-state index in [9.17, 15) is 29.1 Å². The van der Waals surface area contributed by atoms with Crippen LogP contribution in [-0.2, 0) is 30.4 Å². The zero-order valence-corrected chi connectivity index (χ0v) is 18.7. The zero-order chi connectivity index (χ0) is 24.8. The second-order valence-electron chi connectivity index (χ2n) is 8.60. The van der Waals surface area contributed by atoms with Crippen LogP contribution in [0.2, 0.25) is 0 Å². The van der Waals surface area contributed by atoms with Crippen molar-refractivity contribution in [2.45, 2.75) is 69.1 Å². The van der Waals surface area contributed by atoms with E-state index >= 15 is 0 Å². The van der Waals surface area contributed by atoms with Gasteiger partial charge in [0.15, 0.2) is 0 Å². The molecule has 186 valence electrons. The molecule has 1 aromatic heterocycles. The Hall–Kier alpha value is -3.48. The predicted octanol–water partition coefficient (Wildman–Crippen LogP) is -1.30. The normalized spacial score (nSPS) is 21.8. The first-order valence-corrected chi connectivity index (χ1v) is 11.3. The average Bonchev–Trinajstić information content (AvgIpc) is 3.56. The quantitative estimate of drug-likeness (QED) is 0.271. The molecular weight excluding hydrogens is 448 g/mol. The van der Waals surface area contributed by atoms with Crippen molar-refractivity contribution >= 4 is 29.7 Å². The number of aromatic nitrogens is 2. The summed E-state index contributed by atoms with van der Waals surface area (Å²) in [5.74, 6) is -3.93. The molecule has 13 nitrogen and oxygen atoms in total. The number of aliphatic carboxylic acids is 2. The van der Waals surface area contributed by atoms with Crippen molar-refractivity contribution in [1.29, 1.82) is 0 Å². The summed E-state index contributed by atoms with van der Waals surface area (Å²) >= 11 is 0. The van der Waals surface area contributed by atoms with E-state index in [0.29, 0.717) is 37.9 Å². The lowest BCUT2D eigenvalue weighted by Crippen LogP contribution is -2.56. The van der Waals surface area contributed by atoms with E-state index in [1.54, 1.807) is 6.20 Å². The third-order valence-corrected chi connectivity index (χ3v) is 6.23. The topological polar surface area (TPSA) is 199 Å². The van der Waals surface area contributed by atoms with Crippen LogP contribution < -0.4 is 11.1 Å². The Balaban J connectivity index is 1.69. The average molecular weight is 479 g/mol. The number of nitrogens with zero attached hydrogens (tertiary/aromatic N) is 3. The lowest BCUT2D eigenvalue weighted by atomic mass is 10.1. The first-order valence-electron chi connectivity index (χ1n) is 11.3. The molecule has 3 heterocycles. The molecule has 4 atom stereocenters.